The van der Waals surface area contributed by atoms with Gasteiger partial charge in [-0.3, -0.25) is 0 Å². The van der Waals surface area contributed by atoms with E-state index in [0.29, 0.717) is 6.42 Å². The van der Waals surface area contributed by atoms with Crippen molar-refractivity contribution < 1.29 is 19.4 Å². The van der Waals surface area contributed by atoms with Gasteiger partial charge in [-0.1, -0.05) is 19.8 Å². The summed E-state index contributed by atoms with van der Waals surface area (Å²) in [5.41, 5.74) is 0. The Morgan fingerprint density at radius 1 is 1.42 bits per heavy atom. The van der Waals surface area contributed by atoms with E-state index in [4.69, 9.17) is 9.84 Å². The summed E-state index contributed by atoms with van der Waals surface area (Å²) in [6.45, 7) is 1.99. The molecule has 0 radical (unpaired) electrons. The molecule has 3 atom stereocenters. The number of carbonyl (C=O) groups excluding carboxylic acids is 1. The van der Waals surface area contributed by atoms with E-state index in [-0.39, 0.29) is 12.1 Å². The SMILES string of the molecule is CCCCC(NC(=O)NC1CCCC1OC)C(=O)O. The Bertz CT molecular complexity index is 309. The fourth-order valence-electron chi connectivity index (χ4n) is 2.41. The summed E-state index contributed by atoms with van der Waals surface area (Å²) in [5.74, 6) is -0.988. The fourth-order valence-corrected chi connectivity index (χ4v) is 2.41. The molecule has 0 aromatic rings. The van der Waals surface area contributed by atoms with Crippen LogP contribution in [0.4, 0.5) is 4.79 Å². The Kier molecular flexibility index (Phi) is 6.62. The van der Waals surface area contributed by atoms with Gasteiger partial charge >= 0.3 is 12.0 Å². The molecule has 0 aromatic carbocycles. The lowest BCUT2D eigenvalue weighted by Crippen LogP contribution is -2.50. The van der Waals surface area contributed by atoms with Crippen molar-refractivity contribution in [3.8, 4) is 0 Å². The third-order valence-electron chi connectivity index (χ3n) is 3.52. The average Bonchev–Trinajstić information content (AvgIpc) is 2.81. The molecule has 0 bridgehead atoms. The van der Waals surface area contributed by atoms with Crippen LogP contribution in [-0.4, -0.2) is 42.4 Å². The first-order chi connectivity index (χ1) is 9.08. The van der Waals surface area contributed by atoms with Gasteiger partial charge in [0.25, 0.3) is 0 Å². The first-order valence-corrected chi connectivity index (χ1v) is 6.91. The van der Waals surface area contributed by atoms with E-state index < -0.39 is 18.0 Å². The minimum atomic E-state index is -0.988. The molecule has 6 nitrogen and oxygen atoms in total. The van der Waals surface area contributed by atoms with Gasteiger partial charge in [-0.15, -0.1) is 0 Å². The number of urea groups is 1. The van der Waals surface area contributed by atoms with Crippen molar-refractivity contribution in [2.45, 2.75) is 63.6 Å². The highest BCUT2D eigenvalue weighted by Crippen LogP contribution is 2.21. The minimum absolute atomic E-state index is 0.0226. The summed E-state index contributed by atoms with van der Waals surface area (Å²) in [5, 5.41) is 14.4. The van der Waals surface area contributed by atoms with Gasteiger partial charge in [0.15, 0.2) is 0 Å². The Balaban J connectivity index is 2.41. The van der Waals surface area contributed by atoms with Crippen molar-refractivity contribution >= 4 is 12.0 Å². The maximum absolute atomic E-state index is 11.8. The van der Waals surface area contributed by atoms with Crippen LogP contribution in [0, 0.1) is 0 Å². The van der Waals surface area contributed by atoms with Gasteiger partial charge in [0.2, 0.25) is 0 Å². The zero-order valence-electron chi connectivity index (χ0n) is 11.6. The van der Waals surface area contributed by atoms with E-state index >= 15 is 0 Å². The van der Waals surface area contributed by atoms with Crippen LogP contribution < -0.4 is 10.6 Å². The lowest BCUT2D eigenvalue weighted by atomic mass is 10.1. The lowest BCUT2D eigenvalue weighted by molar-refractivity contribution is -0.139. The molecule has 6 heteroatoms. The van der Waals surface area contributed by atoms with Crippen molar-refractivity contribution in [1.82, 2.24) is 10.6 Å². The zero-order valence-corrected chi connectivity index (χ0v) is 11.6. The van der Waals surface area contributed by atoms with Crippen LogP contribution in [0.2, 0.25) is 0 Å². The number of hydrogen-bond donors (Lipinski definition) is 3. The van der Waals surface area contributed by atoms with E-state index in [1.807, 2.05) is 6.92 Å². The van der Waals surface area contributed by atoms with Gasteiger partial charge in [0.05, 0.1) is 12.1 Å². The Labute approximate surface area is 113 Å². The quantitative estimate of drug-likeness (QED) is 0.655. The van der Waals surface area contributed by atoms with E-state index in [1.54, 1.807) is 7.11 Å². The second kappa shape index (κ2) is 7.99. The Hall–Kier alpha value is -1.30. The standard InChI is InChI=1S/C13H24N2O4/c1-3-4-6-10(12(16)17)15-13(18)14-9-7-5-8-11(9)19-2/h9-11H,3-8H2,1-2H3,(H,16,17)(H2,14,15,18). The average molecular weight is 272 g/mol. The molecule has 0 aromatic heterocycles. The van der Waals surface area contributed by atoms with Gasteiger partial charge in [0.1, 0.15) is 6.04 Å². The molecule has 0 spiro atoms. The molecule has 0 saturated heterocycles. The normalized spacial score (nSPS) is 23.9. The highest BCUT2D eigenvalue weighted by atomic mass is 16.5. The summed E-state index contributed by atoms with van der Waals surface area (Å²) in [7, 11) is 1.63. The predicted octanol–water partition coefficient (Wildman–Crippen LogP) is 1.50. The van der Waals surface area contributed by atoms with Gasteiger partial charge in [-0.2, -0.15) is 0 Å². The van der Waals surface area contributed by atoms with Crippen molar-refractivity contribution in [3.05, 3.63) is 0 Å². The highest BCUT2D eigenvalue weighted by molar-refractivity contribution is 5.82. The molecule has 0 heterocycles. The highest BCUT2D eigenvalue weighted by Gasteiger charge is 2.29. The lowest BCUT2D eigenvalue weighted by Gasteiger charge is -2.21. The summed E-state index contributed by atoms with van der Waals surface area (Å²) in [4.78, 5) is 22.8. The van der Waals surface area contributed by atoms with E-state index in [1.165, 1.54) is 0 Å². The van der Waals surface area contributed by atoms with Crippen LogP contribution in [0.25, 0.3) is 0 Å². The molecule has 1 fully saturated rings. The number of amides is 2. The fraction of sp³-hybridized carbons (Fsp3) is 0.846. The second-order valence-corrected chi connectivity index (χ2v) is 4.96. The summed E-state index contributed by atoms with van der Waals surface area (Å²) in [6.07, 6.45) is 4.99. The Morgan fingerprint density at radius 2 is 2.16 bits per heavy atom. The molecule has 3 unspecified atom stereocenters. The third-order valence-corrected chi connectivity index (χ3v) is 3.52. The van der Waals surface area contributed by atoms with E-state index in [2.05, 4.69) is 10.6 Å². The number of carboxylic acid groups (broad SMARTS) is 1. The van der Waals surface area contributed by atoms with Crippen LogP contribution in [0.3, 0.4) is 0 Å². The monoisotopic (exact) mass is 272 g/mol. The molecule has 1 aliphatic rings. The van der Waals surface area contributed by atoms with Gasteiger partial charge < -0.3 is 20.5 Å². The molecular weight excluding hydrogens is 248 g/mol. The number of nitrogens with one attached hydrogen (secondary N) is 2. The maximum atomic E-state index is 11.8. The Morgan fingerprint density at radius 3 is 2.74 bits per heavy atom. The smallest absolute Gasteiger partial charge is 0.326 e. The number of aliphatic carboxylic acids is 1. The number of carboxylic acids is 1. The first-order valence-electron chi connectivity index (χ1n) is 6.91. The molecule has 110 valence electrons. The van der Waals surface area contributed by atoms with Crippen molar-refractivity contribution in [2.75, 3.05) is 7.11 Å². The number of rotatable bonds is 7. The summed E-state index contributed by atoms with van der Waals surface area (Å²) >= 11 is 0. The van der Waals surface area contributed by atoms with Gasteiger partial charge in [-0.05, 0) is 25.7 Å². The maximum Gasteiger partial charge on any atom is 0.326 e. The van der Waals surface area contributed by atoms with Crippen LogP contribution in [0.1, 0.15) is 45.4 Å². The number of carbonyl (C=O) groups is 2. The largest absolute Gasteiger partial charge is 0.480 e. The zero-order chi connectivity index (χ0) is 14.3. The van der Waals surface area contributed by atoms with Crippen LogP contribution in [0.15, 0.2) is 0 Å². The number of methoxy groups -OCH3 is 1. The summed E-state index contributed by atoms with van der Waals surface area (Å²) in [6, 6.07) is -1.26. The number of ether oxygens (including phenoxy) is 1. The van der Waals surface area contributed by atoms with Crippen molar-refractivity contribution in [1.29, 1.82) is 0 Å². The molecule has 3 N–H and O–H groups in total. The van der Waals surface area contributed by atoms with Gasteiger partial charge in [0, 0.05) is 7.11 Å². The molecular formula is C13H24N2O4. The molecule has 1 saturated carbocycles. The number of unbranched alkanes of at least 4 members (excludes halogenated alkanes) is 1. The minimum Gasteiger partial charge on any atom is -0.480 e. The molecule has 19 heavy (non-hydrogen) atoms. The molecule has 2 amide bonds. The van der Waals surface area contributed by atoms with Crippen LogP contribution in [-0.2, 0) is 9.53 Å². The van der Waals surface area contributed by atoms with Crippen LogP contribution >= 0.6 is 0 Å². The predicted molar refractivity (Wildman–Crippen MR) is 71.1 cm³/mol. The molecule has 1 rings (SSSR count). The summed E-state index contributed by atoms with van der Waals surface area (Å²) < 4.78 is 5.28. The molecule has 1 aliphatic carbocycles. The first kappa shape index (κ1) is 15.8. The van der Waals surface area contributed by atoms with Crippen molar-refractivity contribution in [2.24, 2.45) is 0 Å². The van der Waals surface area contributed by atoms with Gasteiger partial charge in [-0.25, -0.2) is 9.59 Å². The topological polar surface area (TPSA) is 87.7 Å². The van der Waals surface area contributed by atoms with E-state index in [0.717, 1.165) is 32.1 Å². The third kappa shape index (κ3) is 5.06. The second-order valence-electron chi connectivity index (χ2n) is 4.96. The van der Waals surface area contributed by atoms with E-state index in [9.17, 15) is 9.59 Å². The van der Waals surface area contributed by atoms with Crippen molar-refractivity contribution in [3.63, 3.8) is 0 Å². The van der Waals surface area contributed by atoms with Crippen LogP contribution in [0.5, 0.6) is 0 Å². The molecule has 0 aliphatic heterocycles. The number of hydrogen-bond acceptors (Lipinski definition) is 3.